The van der Waals surface area contributed by atoms with Gasteiger partial charge in [-0.15, -0.1) is 0 Å². The summed E-state index contributed by atoms with van der Waals surface area (Å²) in [6.07, 6.45) is 0. The van der Waals surface area contributed by atoms with Crippen LogP contribution in [0, 0.1) is 13.8 Å². The van der Waals surface area contributed by atoms with E-state index in [1.165, 1.54) is 0 Å². The van der Waals surface area contributed by atoms with E-state index >= 15 is 0 Å². The molecule has 21 heavy (non-hydrogen) atoms. The van der Waals surface area contributed by atoms with E-state index in [9.17, 15) is 18.0 Å². The fourth-order valence-corrected chi connectivity index (χ4v) is 4.18. The maximum atomic E-state index is 12.7. The molecule has 1 aromatic carbocycles. The number of anilines is 1. The molecule has 2 amide bonds. The van der Waals surface area contributed by atoms with Crippen molar-refractivity contribution in [3.8, 4) is 0 Å². The highest BCUT2D eigenvalue weighted by molar-refractivity contribution is 7.89. The van der Waals surface area contributed by atoms with Gasteiger partial charge in [0.05, 0.1) is 18.0 Å². The number of imide groups is 1. The number of rotatable bonds is 3. The average molecular weight is 311 g/mol. The lowest BCUT2D eigenvalue weighted by atomic mass is 10.1. The standard InChI is InChI=1S/C13H17N3O4S/c1-8-4-10(14-3)5-9(2)13(8)21(19,20)16-6-11(17)15-12(18)7-16/h4-5,14H,6-7H2,1-3H3,(H,15,17,18). The van der Waals surface area contributed by atoms with Crippen LogP contribution in [-0.4, -0.2) is 44.7 Å². The number of hydrogen-bond donors (Lipinski definition) is 2. The van der Waals surface area contributed by atoms with E-state index in [1.54, 1.807) is 33.0 Å². The Morgan fingerprint density at radius 3 is 2.00 bits per heavy atom. The Bertz CT molecular complexity index is 673. The van der Waals surface area contributed by atoms with Gasteiger partial charge in [-0.3, -0.25) is 14.9 Å². The molecule has 2 N–H and O–H groups in total. The smallest absolute Gasteiger partial charge is 0.244 e. The second-order valence-corrected chi connectivity index (χ2v) is 6.81. The summed E-state index contributed by atoms with van der Waals surface area (Å²) < 4.78 is 26.3. The van der Waals surface area contributed by atoms with Crippen molar-refractivity contribution in [1.29, 1.82) is 0 Å². The maximum Gasteiger partial charge on any atom is 0.244 e. The third-order valence-corrected chi connectivity index (χ3v) is 5.36. The second-order valence-electron chi connectivity index (χ2n) is 4.93. The highest BCUT2D eigenvalue weighted by Crippen LogP contribution is 2.27. The highest BCUT2D eigenvalue weighted by Gasteiger charge is 2.34. The number of sulfonamides is 1. The van der Waals surface area contributed by atoms with E-state index in [-0.39, 0.29) is 18.0 Å². The van der Waals surface area contributed by atoms with Crippen LogP contribution in [0.4, 0.5) is 5.69 Å². The topological polar surface area (TPSA) is 95.6 Å². The predicted molar refractivity (Wildman–Crippen MR) is 77.4 cm³/mol. The van der Waals surface area contributed by atoms with Gasteiger partial charge in [0.15, 0.2) is 0 Å². The van der Waals surface area contributed by atoms with Gasteiger partial charge in [0, 0.05) is 12.7 Å². The van der Waals surface area contributed by atoms with E-state index in [0.29, 0.717) is 11.1 Å². The van der Waals surface area contributed by atoms with Crippen LogP contribution in [-0.2, 0) is 19.6 Å². The summed E-state index contributed by atoms with van der Waals surface area (Å²) in [6.45, 7) is 2.68. The molecule has 0 saturated carbocycles. The van der Waals surface area contributed by atoms with Crippen LogP contribution in [0.15, 0.2) is 17.0 Å². The number of nitrogens with zero attached hydrogens (tertiary/aromatic N) is 1. The van der Waals surface area contributed by atoms with Crippen molar-refractivity contribution in [2.24, 2.45) is 0 Å². The van der Waals surface area contributed by atoms with Crippen LogP contribution < -0.4 is 10.6 Å². The number of hydrogen-bond acceptors (Lipinski definition) is 5. The van der Waals surface area contributed by atoms with Gasteiger partial charge in [-0.1, -0.05) is 0 Å². The van der Waals surface area contributed by atoms with Gasteiger partial charge in [-0.2, -0.15) is 4.31 Å². The first-order chi connectivity index (χ1) is 9.75. The maximum absolute atomic E-state index is 12.7. The van der Waals surface area contributed by atoms with E-state index < -0.39 is 21.8 Å². The SMILES string of the molecule is CNc1cc(C)c(S(=O)(=O)N2CC(=O)NC(=O)C2)c(C)c1. The number of carbonyl (C=O) groups is 2. The van der Waals surface area contributed by atoms with Gasteiger partial charge < -0.3 is 5.32 Å². The molecule has 7 nitrogen and oxygen atoms in total. The first-order valence-corrected chi connectivity index (χ1v) is 7.81. The molecule has 2 rings (SSSR count). The number of aryl methyl sites for hydroxylation is 2. The normalized spacial score (nSPS) is 16.7. The molecule has 1 aromatic rings. The minimum atomic E-state index is -3.89. The molecule has 114 valence electrons. The summed E-state index contributed by atoms with van der Waals surface area (Å²) in [5, 5.41) is 5.04. The molecule has 0 aliphatic carbocycles. The Morgan fingerprint density at radius 1 is 1.10 bits per heavy atom. The van der Waals surface area contributed by atoms with Gasteiger partial charge >= 0.3 is 0 Å². The van der Waals surface area contributed by atoms with Crippen LogP contribution in [0.5, 0.6) is 0 Å². The molecule has 1 aliphatic rings. The number of benzene rings is 1. The summed E-state index contributed by atoms with van der Waals surface area (Å²) in [5.74, 6) is -1.23. The van der Waals surface area contributed by atoms with E-state index in [1.807, 2.05) is 0 Å². The summed E-state index contributed by atoms with van der Waals surface area (Å²) in [4.78, 5) is 22.9. The van der Waals surface area contributed by atoms with E-state index in [4.69, 9.17) is 0 Å². The number of nitrogens with one attached hydrogen (secondary N) is 2. The van der Waals surface area contributed by atoms with Crippen LogP contribution in [0.2, 0.25) is 0 Å². The van der Waals surface area contributed by atoms with Crippen molar-refractivity contribution in [2.75, 3.05) is 25.5 Å². The Labute approximate surface area is 123 Å². The average Bonchev–Trinajstić information content (AvgIpc) is 2.36. The van der Waals surface area contributed by atoms with Gasteiger partial charge in [-0.25, -0.2) is 8.42 Å². The zero-order valence-electron chi connectivity index (χ0n) is 12.1. The van der Waals surface area contributed by atoms with Crippen LogP contribution in [0.3, 0.4) is 0 Å². The molecule has 1 saturated heterocycles. The van der Waals surface area contributed by atoms with Gasteiger partial charge in [0.1, 0.15) is 0 Å². The minimum absolute atomic E-state index is 0.143. The summed E-state index contributed by atoms with van der Waals surface area (Å²) in [7, 11) is -2.14. The Balaban J connectivity index is 2.49. The van der Waals surface area contributed by atoms with Crippen molar-refractivity contribution < 1.29 is 18.0 Å². The third-order valence-electron chi connectivity index (χ3n) is 3.27. The van der Waals surface area contributed by atoms with Gasteiger partial charge in [-0.05, 0) is 37.1 Å². The highest BCUT2D eigenvalue weighted by atomic mass is 32.2. The predicted octanol–water partition coefficient (Wildman–Crippen LogP) is -0.00776. The molecule has 0 unspecified atom stereocenters. The number of carbonyl (C=O) groups excluding carboxylic acids is 2. The van der Waals surface area contributed by atoms with Crippen LogP contribution in [0.1, 0.15) is 11.1 Å². The van der Waals surface area contributed by atoms with E-state index in [2.05, 4.69) is 10.6 Å². The third kappa shape index (κ3) is 2.91. The molecular formula is C13H17N3O4S. The molecule has 0 aromatic heterocycles. The fourth-order valence-electron chi connectivity index (χ4n) is 2.41. The Kier molecular flexibility index (Phi) is 4.02. The van der Waals surface area contributed by atoms with E-state index in [0.717, 1.165) is 9.99 Å². The lowest BCUT2D eigenvalue weighted by molar-refractivity contribution is -0.134. The number of piperazine rings is 1. The van der Waals surface area contributed by atoms with Gasteiger partial charge in [0.2, 0.25) is 21.8 Å². The van der Waals surface area contributed by atoms with Gasteiger partial charge in [0.25, 0.3) is 0 Å². The number of amides is 2. The molecule has 1 fully saturated rings. The monoisotopic (exact) mass is 311 g/mol. The minimum Gasteiger partial charge on any atom is -0.388 e. The van der Waals surface area contributed by atoms with Crippen molar-refractivity contribution in [3.05, 3.63) is 23.3 Å². The van der Waals surface area contributed by atoms with Crippen LogP contribution in [0.25, 0.3) is 0 Å². The molecule has 1 aliphatic heterocycles. The van der Waals surface area contributed by atoms with Crippen LogP contribution >= 0.6 is 0 Å². The first kappa shape index (κ1) is 15.5. The Hall–Kier alpha value is -1.93. The zero-order valence-corrected chi connectivity index (χ0v) is 12.9. The molecule has 0 radical (unpaired) electrons. The van der Waals surface area contributed by atoms with Crippen molar-refractivity contribution >= 4 is 27.5 Å². The van der Waals surface area contributed by atoms with Crippen molar-refractivity contribution in [2.45, 2.75) is 18.7 Å². The lowest BCUT2D eigenvalue weighted by Gasteiger charge is -2.26. The molecule has 8 heteroatoms. The zero-order chi connectivity index (χ0) is 15.8. The lowest BCUT2D eigenvalue weighted by Crippen LogP contribution is -2.53. The summed E-state index contributed by atoms with van der Waals surface area (Å²) >= 11 is 0. The first-order valence-electron chi connectivity index (χ1n) is 6.37. The molecule has 1 heterocycles. The molecule has 0 bridgehead atoms. The molecule has 0 spiro atoms. The Morgan fingerprint density at radius 2 is 1.57 bits per heavy atom. The summed E-state index contributed by atoms with van der Waals surface area (Å²) in [5.41, 5.74) is 1.94. The van der Waals surface area contributed by atoms with Crippen molar-refractivity contribution in [1.82, 2.24) is 9.62 Å². The second kappa shape index (κ2) is 5.45. The molecular weight excluding hydrogens is 294 g/mol. The van der Waals surface area contributed by atoms with Crippen molar-refractivity contribution in [3.63, 3.8) is 0 Å². The largest absolute Gasteiger partial charge is 0.388 e. The summed E-state index contributed by atoms with van der Waals surface area (Å²) in [6, 6.07) is 3.43. The quantitative estimate of drug-likeness (QED) is 0.766. The fraction of sp³-hybridized carbons (Fsp3) is 0.385. The molecule has 0 atom stereocenters.